The number of fused-ring (bicyclic) bond motifs is 7. The molecule has 0 amide bonds. The average Bonchev–Trinajstić information content (AvgIpc) is 3.04. The summed E-state index contributed by atoms with van der Waals surface area (Å²) in [6, 6.07) is 0. The summed E-state index contributed by atoms with van der Waals surface area (Å²) in [4.78, 5) is 12.1. The van der Waals surface area contributed by atoms with Crippen molar-refractivity contribution in [2.75, 3.05) is 0 Å². The Hall–Kier alpha value is -0.610. The zero-order chi connectivity index (χ0) is 18.4. The second kappa shape index (κ2) is 5.47. The minimum Gasteiger partial charge on any atom is -0.462 e. The van der Waals surface area contributed by atoms with E-state index in [0.717, 1.165) is 32.1 Å². The van der Waals surface area contributed by atoms with Crippen molar-refractivity contribution in [2.24, 2.45) is 46.3 Å². The molecule has 4 nitrogen and oxygen atoms in total. The highest BCUT2D eigenvalue weighted by Crippen LogP contribution is 2.69. The van der Waals surface area contributed by atoms with Crippen LogP contribution in [-0.4, -0.2) is 34.5 Å². The van der Waals surface area contributed by atoms with Crippen molar-refractivity contribution in [1.82, 2.24) is 0 Å². The largest absolute Gasteiger partial charge is 0.462 e. The monoisotopic (exact) mass is 362 g/mol. The predicted octanol–water partition coefficient (Wildman–Crippen LogP) is 3.15. The zero-order valence-corrected chi connectivity index (χ0v) is 16.4. The van der Waals surface area contributed by atoms with Crippen LogP contribution in [0.15, 0.2) is 0 Å². The molecule has 0 aromatic rings. The van der Waals surface area contributed by atoms with E-state index in [0.29, 0.717) is 23.7 Å². The number of carbonyl (C=O) groups excluding carboxylic acids is 1. The molecular weight excluding hydrogens is 328 g/mol. The molecule has 1 saturated heterocycles. The van der Waals surface area contributed by atoms with Gasteiger partial charge in [0, 0.05) is 11.3 Å². The van der Waals surface area contributed by atoms with E-state index in [-0.39, 0.29) is 46.9 Å². The van der Waals surface area contributed by atoms with Gasteiger partial charge in [0.2, 0.25) is 0 Å². The summed E-state index contributed by atoms with van der Waals surface area (Å²) in [5, 5.41) is 21.5. The van der Waals surface area contributed by atoms with Crippen molar-refractivity contribution < 1.29 is 19.7 Å². The van der Waals surface area contributed by atoms with E-state index in [4.69, 9.17) is 4.74 Å². The van der Waals surface area contributed by atoms with E-state index in [1.807, 2.05) is 6.92 Å². The van der Waals surface area contributed by atoms with Gasteiger partial charge in [-0.15, -0.1) is 0 Å². The normalized spacial score (nSPS) is 61.3. The van der Waals surface area contributed by atoms with Gasteiger partial charge in [0.25, 0.3) is 0 Å². The number of hydrogen-bond donors (Lipinski definition) is 2. The van der Waals surface area contributed by atoms with Crippen molar-refractivity contribution >= 4 is 5.97 Å². The van der Waals surface area contributed by atoms with Gasteiger partial charge in [-0.3, -0.25) is 4.79 Å². The molecule has 2 N–H and O–H groups in total. The molecular formula is C22H34O4. The highest BCUT2D eigenvalue weighted by Gasteiger charge is 2.69. The number of carbonyl (C=O) groups is 1. The van der Waals surface area contributed by atoms with Crippen LogP contribution in [-0.2, 0) is 9.53 Å². The minimum atomic E-state index is -0.344. The quantitative estimate of drug-likeness (QED) is 0.650. The van der Waals surface area contributed by atoms with Crippen LogP contribution in [0.25, 0.3) is 0 Å². The van der Waals surface area contributed by atoms with Crippen LogP contribution in [0.2, 0.25) is 0 Å². The minimum absolute atomic E-state index is 0.0135. The summed E-state index contributed by atoms with van der Waals surface area (Å²) in [6.45, 7) is 6.69. The lowest BCUT2D eigenvalue weighted by atomic mass is 9.43. The number of aliphatic hydroxyl groups excluding tert-OH is 2. The third-order valence-corrected chi connectivity index (χ3v) is 10.0. The molecule has 4 saturated carbocycles. The van der Waals surface area contributed by atoms with Crippen molar-refractivity contribution in [2.45, 2.75) is 84.0 Å². The topological polar surface area (TPSA) is 66.8 Å². The Balaban J connectivity index is 1.49. The standard InChI is InChI=1S/C22H34O4/c1-11-19-17(26-20(11)25)9-16-14-5-4-12-8-13(23)6-7-21(12,2)15(14)10-18(24)22(16,19)3/h11-19,23-24H,4-10H2,1-3H3/t11-,12-,13-,14+,15-,16-,17-,18+,19-,21-,22+/m0/s1. The molecule has 1 aliphatic heterocycles. The van der Waals surface area contributed by atoms with Gasteiger partial charge in [-0.25, -0.2) is 0 Å². The molecule has 146 valence electrons. The van der Waals surface area contributed by atoms with Gasteiger partial charge < -0.3 is 14.9 Å². The third-order valence-electron chi connectivity index (χ3n) is 10.0. The molecule has 11 atom stereocenters. The maximum absolute atomic E-state index is 12.1. The van der Waals surface area contributed by atoms with E-state index < -0.39 is 0 Å². The van der Waals surface area contributed by atoms with Crippen LogP contribution in [0, 0.1) is 46.3 Å². The SMILES string of the molecule is C[C@@H]1C(=O)O[C@H]2C[C@H]3[C@@H]4CC[C@H]5C[C@@H](O)CC[C@]5(C)[C@H]4C[C@@H](O)[C@]3(C)[C@H]21. The predicted molar refractivity (Wildman–Crippen MR) is 97.0 cm³/mol. The van der Waals surface area contributed by atoms with E-state index in [9.17, 15) is 15.0 Å². The molecule has 4 heteroatoms. The highest BCUT2D eigenvalue weighted by atomic mass is 16.6. The van der Waals surface area contributed by atoms with Gasteiger partial charge in [0.1, 0.15) is 6.10 Å². The smallest absolute Gasteiger partial charge is 0.309 e. The first-order valence-electron chi connectivity index (χ1n) is 10.8. The van der Waals surface area contributed by atoms with Crippen LogP contribution < -0.4 is 0 Å². The Kier molecular flexibility index (Phi) is 3.68. The summed E-state index contributed by atoms with van der Waals surface area (Å²) in [5.41, 5.74) is 0.0687. The Morgan fingerprint density at radius 3 is 2.58 bits per heavy atom. The number of esters is 1. The molecule has 0 spiro atoms. The first kappa shape index (κ1) is 17.5. The fourth-order valence-corrected chi connectivity index (χ4v) is 8.63. The summed E-state index contributed by atoms with van der Waals surface area (Å²) in [5.74, 6) is 2.27. The summed E-state index contributed by atoms with van der Waals surface area (Å²) < 4.78 is 5.75. The van der Waals surface area contributed by atoms with Crippen LogP contribution in [0.4, 0.5) is 0 Å². The first-order valence-corrected chi connectivity index (χ1v) is 10.8. The number of rotatable bonds is 0. The molecule has 26 heavy (non-hydrogen) atoms. The van der Waals surface area contributed by atoms with Crippen molar-refractivity contribution in [3.8, 4) is 0 Å². The lowest BCUT2D eigenvalue weighted by molar-refractivity contribution is -0.175. The second-order valence-corrected chi connectivity index (χ2v) is 10.7. The molecule has 0 bridgehead atoms. The van der Waals surface area contributed by atoms with Gasteiger partial charge in [-0.1, -0.05) is 20.8 Å². The molecule has 5 aliphatic rings. The lowest BCUT2D eigenvalue weighted by Gasteiger charge is -2.62. The first-order chi connectivity index (χ1) is 12.3. The molecule has 0 radical (unpaired) electrons. The number of aliphatic hydroxyl groups is 2. The Morgan fingerprint density at radius 2 is 1.81 bits per heavy atom. The summed E-state index contributed by atoms with van der Waals surface area (Å²) in [7, 11) is 0. The van der Waals surface area contributed by atoms with E-state index in [1.54, 1.807) is 0 Å². The van der Waals surface area contributed by atoms with Crippen molar-refractivity contribution in [3.05, 3.63) is 0 Å². The summed E-state index contributed by atoms with van der Waals surface area (Å²) in [6.07, 6.45) is 6.72. The van der Waals surface area contributed by atoms with Gasteiger partial charge in [0.05, 0.1) is 18.1 Å². The van der Waals surface area contributed by atoms with Crippen LogP contribution >= 0.6 is 0 Å². The van der Waals surface area contributed by atoms with Crippen LogP contribution in [0.1, 0.15) is 65.7 Å². The maximum atomic E-state index is 12.1. The lowest BCUT2D eigenvalue weighted by Crippen LogP contribution is -2.59. The fraction of sp³-hybridized carbons (Fsp3) is 0.955. The van der Waals surface area contributed by atoms with Gasteiger partial charge in [-0.2, -0.15) is 0 Å². The van der Waals surface area contributed by atoms with Crippen LogP contribution in [0.3, 0.4) is 0 Å². The second-order valence-electron chi connectivity index (χ2n) is 10.7. The van der Waals surface area contributed by atoms with Crippen molar-refractivity contribution in [3.63, 3.8) is 0 Å². The molecule has 4 aliphatic carbocycles. The highest BCUT2D eigenvalue weighted by molar-refractivity contribution is 5.75. The maximum Gasteiger partial charge on any atom is 0.309 e. The van der Waals surface area contributed by atoms with E-state index >= 15 is 0 Å². The number of ether oxygens (including phenoxy) is 1. The molecule has 0 unspecified atom stereocenters. The molecule has 0 aromatic carbocycles. The summed E-state index contributed by atoms with van der Waals surface area (Å²) >= 11 is 0. The van der Waals surface area contributed by atoms with E-state index in [1.165, 1.54) is 12.8 Å². The van der Waals surface area contributed by atoms with Gasteiger partial charge in [0.15, 0.2) is 0 Å². The Bertz CT molecular complexity index is 619. The van der Waals surface area contributed by atoms with Gasteiger partial charge in [-0.05, 0) is 74.0 Å². The third kappa shape index (κ3) is 2.01. The Morgan fingerprint density at radius 1 is 1.04 bits per heavy atom. The van der Waals surface area contributed by atoms with Crippen LogP contribution in [0.5, 0.6) is 0 Å². The van der Waals surface area contributed by atoms with Gasteiger partial charge >= 0.3 is 5.97 Å². The van der Waals surface area contributed by atoms with Crippen molar-refractivity contribution in [1.29, 1.82) is 0 Å². The Labute approximate surface area is 156 Å². The average molecular weight is 363 g/mol. The molecule has 5 fully saturated rings. The zero-order valence-electron chi connectivity index (χ0n) is 16.4. The molecule has 0 aromatic heterocycles. The fourth-order valence-electron chi connectivity index (χ4n) is 8.63. The molecule has 1 heterocycles. The number of hydrogen-bond acceptors (Lipinski definition) is 4. The van der Waals surface area contributed by atoms with E-state index in [2.05, 4.69) is 13.8 Å². The molecule has 5 rings (SSSR count).